The largest absolute Gasteiger partial charge is 0.502 e. The van der Waals surface area contributed by atoms with Gasteiger partial charge in [0.25, 0.3) is 0 Å². The quantitative estimate of drug-likeness (QED) is 0.213. The summed E-state index contributed by atoms with van der Waals surface area (Å²) in [5, 5.41) is 10.2. The minimum atomic E-state index is -1.30. The number of allylic oxidation sites excluding steroid dienone is 3. The molecule has 1 N–H and O–H groups in total. The highest BCUT2D eigenvalue weighted by molar-refractivity contribution is 6.31. The Balaban J connectivity index is 1.34. The normalized spacial score (nSPS) is 27.3. The van der Waals surface area contributed by atoms with Gasteiger partial charge in [-0.2, -0.15) is 0 Å². The highest BCUT2D eigenvalue weighted by Gasteiger charge is 2.67. The number of methoxy groups -OCH3 is 2. The molecule has 0 aromatic heterocycles. The lowest BCUT2D eigenvalue weighted by atomic mass is 9.52. The maximum Gasteiger partial charge on any atom is 0.241 e. The zero-order valence-electron chi connectivity index (χ0n) is 27.6. The average molecular weight is 697 g/mol. The number of ether oxygens (including phenoxy) is 2. The van der Waals surface area contributed by atoms with Crippen molar-refractivity contribution in [3.63, 3.8) is 0 Å². The highest BCUT2D eigenvalue weighted by Crippen LogP contribution is 2.61. The van der Waals surface area contributed by atoms with Crippen molar-refractivity contribution in [2.24, 2.45) is 35.0 Å². The lowest BCUT2D eigenvalue weighted by Gasteiger charge is -2.47. The molecule has 4 aliphatic rings. The van der Waals surface area contributed by atoms with Gasteiger partial charge in [0.1, 0.15) is 5.82 Å². The van der Waals surface area contributed by atoms with E-state index >= 15 is 0 Å². The van der Waals surface area contributed by atoms with Crippen LogP contribution in [0.5, 0.6) is 17.2 Å². The van der Waals surface area contributed by atoms with E-state index < -0.39 is 52.6 Å². The number of amides is 4. The van der Waals surface area contributed by atoms with Gasteiger partial charge in [-0.15, -0.1) is 0 Å². The smallest absolute Gasteiger partial charge is 0.241 e. The van der Waals surface area contributed by atoms with Gasteiger partial charge in [-0.05, 0) is 79.3 Å². The van der Waals surface area contributed by atoms with Crippen LogP contribution in [-0.2, 0) is 19.2 Å². The molecule has 2 aliphatic heterocycles. The van der Waals surface area contributed by atoms with Crippen LogP contribution in [0.3, 0.4) is 0 Å². The van der Waals surface area contributed by atoms with Gasteiger partial charge in [0.05, 0.1) is 53.8 Å². The molecule has 0 radical (unpaired) electrons. The zero-order chi connectivity index (χ0) is 35.6. The van der Waals surface area contributed by atoms with E-state index in [1.54, 1.807) is 55.5 Å². The molecule has 256 valence electrons. The number of rotatable bonds is 7. The summed E-state index contributed by atoms with van der Waals surface area (Å²) < 4.78 is 24.8. The minimum Gasteiger partial charge on any atom is -0.502 e. The van der Waals surface area contributed by atoms with Gasteiger partial charge in [-0.25, -0.2) is 9.29 Å². The topological polar surface area (TPSA) is 113 Å². The lowest BCUT2D eigenvalue weighted by molar-refractivity contribution is -0.132. The fraction of sp³-hybridized carbons (Fsp3) is 0.282. The van der Waals surface area contributed by atoms with Gasteiger partial charge < -0.3 is 14.6 Å². The Kier molecular flexibility index (Phi) is 8.17. The van der Waals surface area contributed by atoms with Crippen molar-refractivity contribution in [1.82, 2.24) is 0 Å². The summed E-state index contributed by atoms with van der Waals surface area (Å²) in [5.41, 5.74) is 1.53. The molecule has 4 amide bonds. The number of halogens is 2. The van der Waals surface area contributed by atoms with Crippen LogP contribution in [0.2, 0.25) is 5.02 Å². The number of phenols is 1. The molecule has 11 heteroatoms. The number of aromatic hydroxyl groups is 1. The Bertz CT molecular complexity index is 2020. The number of hydrogen-bond donors (Lipinski definition) is 1. The third-order valence-electron chi connectivity index (χ3n) is 10.9. The molecule has 6 atom stereocenters. The first-order valence-electron chi connectivity index (χ1n) is 16.2. The Labute approximate surface area is 293 Å². The number of carbonyl (C=O) groups excluding carboxylic acids is 4. The Morgan fingerprint density at radius 1 is 0.900 bits per heavy atom. The SMILES string of the molecule is C=Cc1ccc(N2C(=O)C3CC=C4C(CC5C(=O)N(c6ccc(F)c(Cl)c6)C(=O)C5(C)C4C=Cc4cc(OC)c(O)c(OC)c4)C3C2=O)cc1. The minimum absolute atomic E-state index is 0.147. The number of benzene rings is 3. The molecule has 6 unspecified atom stereocenters. The molecule has 2 saturated heterocycles. The molecule has 3 fully saturated rings. The molecule has 3 aromatic carbocycles. The number of anilines is 2. The van der Waals surface area contributed by atoms with Crippen LogP contribution in [0.1, 0.15) is 30.9 Å². The van der Waals surface area contributed by atoms with Gasteiger partial charge in [0, 0.05) is 5.92 Å². The second-order valence-electron chi connectivity index (χ2n) is 13.2. The summed E-state index contributed by atoms with van der Waals surface area (Å²) in [4.78, 5) is 59.3. The summed E-state index contributed by atoms with van der Waals surface area (Å²) in [6, 6.07) is 13.9. The summed E-state index contributed by atoms with van der Waals surface area (Å²) in [7, 11) is 2.83. The molecule has 1 saturated carbocycles. The molecule has 0 bridgehead atoms. The molecule has 3 aromatic rings. The molecular weight excluding hydrogens is 663 g/mol. The van der Waals surface area contributed by atoms with E-state index in [0.29, 0.717) is 11.3 Å². The summed E-state index contributed by atoms with van der Waals surface area (Å²) in [6.07, 6.45) is 7.66. The predicted molar refractivity (Wildman–Crippen MR) is 186 cm³/mol. The van der Waals surface area contributed by atoms with Crippen molar-refractivity contribution in [2.45, 2.75) is 19.8 Å². The second kappa shape index (κ2) is 12.3. The van der Waals surface area contributed by atoms with Gasteiger partial charge in [0.15, 0.2) is 11.5 Å². The lowest BCUT2D eigenvalue weighted by Crippen LogP contribution is -2.49. The predicted octanol–water partition coefficient (Wildman–Crippen LogP) is 6.83. The van der Waals surface area contributed by atoms with Crippen LogP contribution in [0.15, 0.2) is 78.9 Å². The number of hydrogen-bond acceptors (Lipinski definition) is 7. The van der Waals surface area contributed by atoms with Crippen LogP contribution in [0, 0.1) is 40.8 Å². The van der Waals surface area contributed by atoms with Crippen molar-refractivity contribution >= 4 is 58.8 Å². The number of carbonyl (C=O) groups is 4. The van der Waals surface area contributed by atoms with Crippen LogP contribution in [0.25, 0.3) is 12.2 Å². The van der Waals surface area contributed by atoms with Crippen molar-refractivity contribution < 1.29 is 38.1 Å². The van der Waals surface area contributed by atoms with Crippen LogP contribution < -0.4 is 19.3 Å². The average Bonchev–Trinajstić information content (AvgIpc) is 3.48. The van der Waals surface area contributed by atoms with Crippen LogP contribution in [-0.4, -0.2) is 43.0 Å². The Morgan fingerprint density at radius 3 is 2.18 bits per heavy atom. The molecule has 2 heterocycles. The molecule has 50 heavy (non-hydrogen) atoms. The number of nitrogens with zero attached hydrogens (tertiary/aromatic N) is 2. The first-order valence-corrected chi connectivity index (χ1v) is 16.6. The highest BCUT2D eigenvalue weighted by atomic mass is 35.5. The first-order chi connectivity index (χ1) is 23.9. The molecule has 2 aliphatic carbocycles. The fourth-order valence-corrected chi connectivity index (χ4v) is 8.49. The maximum atomic E-state index is 14.5. The van der Waals surface area contributed by atoms with Crippen LogP contribution >= 0.6 is 11.6 Å². The van der Waals surface area contributed by atoms with E-state index in [-0.39, 0.29) is 52.6 Å². The van der Waals surface area contributed by atoms with E-state index in [2.05, 4.69) is 6.58 Å². The van der Waals surface area contributed by atoms with Crippen molar-refractivity contribution in [1.29, 1.82) is 0 Å². The van der Waals surface area contributed by atoms with Crippen molar-refractivity contribution in [2.75, 3.05) is 24.0 Å². The van der Waals surface area contributed by atoms with E-state index in [1.165, 1.54) is 31.3 Å². The number of imide groups is 2. The van der Waals surface area contributed by atoms with E-state index in [9.17, 15) is 28.7 Å². The van der Waals surface area contributed by atoms with Crippen molar-refractivity contribution in [3.05, 3.63) is 101 Å². The molecule has 9 nitrogen and oxygen atoms in total. The van der Waals surface area contributed by atoms with E-state index in [1.807, 2.05) is 12.2 Å². The van der Waals surface area contributed by atoms with Gasteiger partial charge >= 0.3 is 0 Å². The number of fused-ring (bicyclic) bond motifs is 4. The summed E-state index contributed by atoms with van der Waals surface area (Å²) in [6.45, 7) is 5.51. The van der Waals surface area contributed by atoms with Crippen LogP contribution in [0.4, 0.5) is 15.8 Å². The second-order valence-corrected chi connectivity index (χ2v) is 13.7. The zero-order valence-corrected chi connectivity index (χ0v) is 28.3. The summed E-state index contributed by atoms with van der Waals surface area (Å²) in [5.74, 6) is -5.57. The maximum absolute atomic E-state index is 14.5. The number of phenolic OH excluding ortho intramolecular Hbond substituents is 1. The Hall–Kier alpha value is -5.22. The van der Waals surface area contributed by atoms with E-state index in [0.717, 1.165) is 22.1 Å². The molecular formula is C39H34ClFN2O7. The van der Waals surface area contributed by atoms with Gasteiger partial charge in [-0.3, -0.25) is 24.1 Å². The third-order valence-corrected chi connectivity index (χ3v) is 11.2. The standard InChI is InChI=1S/C39H34ClFN2O7/c1-5-20-6-9-22(10-7-20)42-35(45)25-13-12-24-26(33(25)37(42)47)19-28-36(46)43(23-11-15-30(41)29(40)18-23)38(48)39(28,2)27(24)14-8-21-16-31(49-3)34(44)32(17-21)50-4/h5-12,14-18,25-28,33,44H,1,13,19H2,2-4H3. The Morgan fingerprint density at radius 2 is 1.56 bits per heavy atom. The molecule has 0 spiro atoms. The monoisotopic (exact) mass is 696 g/mol. The van der Waals surface area contributed by atoms with Gasteiger partial charge in [0.2, 0.25) is 29.4 Å². The summed E-state index contributed by atoms with van der Waals surface area (Å²) >= 11 is 6.09. The fourth-order valence-electron chi connectivity index (χ4n) is 8.32. The first kappa shape index (κ1) is 33.3. The third kappa shape index (κ3) is 4.87. The van der Waals surface area contributed by atoms with Crippen molar-refractivity contribution in [3.8, 4) is 17.2 Å². The molecule has 7 rings (SSSR count). The van der Waals surface area contributed by atoms with Gasteiger partial charge in [-0.1, -0.05) is 60.2 Å². The van der Waals surface area contributed by atoms with E-state index in [4.69, 9.17) is 21.1 Å².